The van der Waals surface area contributed by atoms with Crippen LogP contribution in [0, 0.1) is 0 Å². The second kappa shape index (κ2) is 15.8. The van der Waals surface area contributed by atoms with E-state index in [0.29, 0.717) is 18.4 Å². The first-order valence-corrected chi connectivity index (χ1v) is 15.8. The van der Waals surface area contributed by atoms with Crippen LogP contribution in [-0.2, 0) is 37.3 Å². The van der Waals surface area contributed by atoms with Crippen LogP contribution < -0.4 is 10.5 Å². The maximum atomic E-state index is 15.1. The molecule has 18 heteroatoms. The fraction of sp³-hybridized carbons (Fsp3) is 0.545. The summed E-state index contributed by atoms with van der Waals surface area (Å²) in [6.45, 7) is 8.37. The van der Waals surface area contributed by atoms with Crippen molar-refractivity contribution in [3.05, 3.63) is 63.8 Å². The third kappa shape index (κ3) is 10.8. The summed E-state index contributed by atoms with van der Waals surface area (Å²) < 4.78 is 114. The Bertz CT molecular complexity index is 1670. The first kappa shape index (κ1) is 41.0. The number of nitrogens with one attached hydrogen (secondary N) is 1. The van der Waals surface area contributed by atoms with Crippen LogP contribution in [0.25, 0.3) is 11.6 Å². The standard InChI is InChI=1S/C33H40F6N4O8/c1-8-9-13-16-47-19-31(33(37,38)39,48-18-20-14-11-10-12-15-20)26-42-41-25(49-26)23-22(17-21(24(44)40-23)32(34,35)36)43(27(45)50-29(2,3)4)28(46)51-30(5,6)7/h10-12,14-15,17H,8-9,13,16,18-19H2,1-7H3,(H,40,44). The number of aromatic nitrogens is 3. The number of hydrogen-bond donors (Lipinski definition) is 1. The summed E-state index contributed by atoms with van der Waals surface area (Å²) in [6.07, 6.45) is -11.9. The van der Waals surface area contributed by atoms with E-state index in [1.807, 2.05) is 11.9 Å². The van der Waals surface area contributed by atoms with Gasteiger partial charge in [-0.3, -0.25) is 4.79 Å². The molecule has 2 amide bonds. The molecule has 0 aliphatic rings. The van der Waals surface area contributed by atoms with Gasteiger partial charge in [0.25, 0.3) is 22.9 Å². The molecule has 0 radical (unpaired) electrons. The van der Waals surface area contributed by atoms with E-state index in [-0.39, 0.29) is 17.6 Å². The number of aromatic amines is 1. The fourth-order valence-electron chi connectivity index (χ4n) is 4.34. The van der Waals surface area contributed by atoms with Gasteiger partial charge < -0.3 is 28.3 Å². The minimum atomic E-state index is -5.33. The van der Waals surface area contributed by atoms with E-state index in [2.05, 4.69) is 10.2 Å². The van der Waals surface area contributed by atoms with E-state index in [9.17, 15) is 27.6 Å². The summed E-state index contributed by atoms with van der Waals surface area (Å²) in [7, 11) is 0. The Kier molecular flexibility index (Phi) is 12.7. The van der Waals surface area contributed by atoms with Crippen LogP contribution in [0.2, 0.25) is 0 Å². The number of ether oxygens (including phenoxy) is 4. The van der Waals surface area contributed by atoms with Gasteiger partial charge in [0.15, 0.2) is 0 Å². The van der Waals surface area contributed by atoms with E-state index >= 15 is 13.2 Å². The molecule has 2 heterocycles. The van der Waals surface area contributed by atoms with Gasteiger partial charge >= 0.3 is 24.5 Å². The molecule has 282 valence electrons. The molecule has 0 saturated carbocycles. The number of nitrogens with zero attached hydrogens (tertiary/aromatic N) is 3. The van der Waals surface area contributed by atoms with Crippen LogP contribution in [0.4, 0.5) is 41.6 Å². The van der Waals surface area contributed by atoms with Crippen LogP contribution in [0.15, 0.2) is 45.6 Å². The molecule has 1 aromatic carbocycles. The Balaban J connectivity index is 2.29. The zero-order valence-corrected chi connectivity index (χ0v) is 29.1. The highest BCUT2D eigenvalue weighted by Crippen LogP contribution is 2.44. The first-order chi connectivity index (χ1) is 23.5. The highest BCUT2D eigenvalue weighted by Gasteiger charge is 2.62. The third-order valence-corrected chi connectivity index (χ3v) is 6.69. The maximum Gasteiger partial charge on any atom is 0.428 e. The number of carbonyl (C=O) groups is 2. The average molecular weight is 735 g/mol. The number of hydrogen-bond acceptors (Lipinski definition) is 10. The number of benzene rings is 1. The zero-order chi connectivity index (χ0) is 38.4. The van der Waals surface area contributed by atoms with E-state index < -0.39 is 88.8 Å². The Hall–Kier alpha value is -4.45. The Morgan fingerprint density at radius 3 is 1.98 bits per heavy atom. The Morgan fingerprint density at radius 2 is 1.47 bits per heavy atom. The number of H-pyrrole nitrogens is 1. The fourth-order valence-corrected chi connectivity index (χ4v) is 4.34. The zero-order valence-electron chi connectivity index (χ0n) is 29.1. The molecule has 0 aliphatic heterocycles. The summed E-state index contributed by atoms with van der Waals surface area (Å²) >= 11 is 0. The molecule has 2 aromatic heterocycles. The van der Waals surface area contributed by atoms with Crippen molar-refractivity contribution < 1.29 is 59.3 Å². The van der Waals surface area contributed by atoms with Crippen molar-refractivity contribution in [1.82, 2.24) is 15.2 Å². The van der Waals surface area contributed by atoms with Gasteiger partial charge in [0.05, 0.1) is 18.9 Å². The van der Waals surface area contributed by atoms with E-state index in [0.717, 1.165) is 6.42 Å². The molecule has 3 aromatic rings. The molecule has 51 heavy (non-hydrogen) atoms. The van der Waals surface area contributed by atoms with Crippen molar-refractivity contribution in [2.45, 2.75) is 103 Å². The van der Waals surface area contributed by atoms with Crippen molar-refractivity contribution in [3.8, 4) is 11.6 Å². The molecule has 0 fully saturated rings. The lowest BCUT2D eigenvalue weighted by molar-refractivity contribution is -0.311. The van der Waals surface area contributed by atoms with E-state index in [4.69, 9.17) is 23.4 Å². The topological polar surface area (TPSA) is 146 Å². The second-order valence-electron chi connectivity index (χ2n) is 13.3. The number of anilines is 1. The van der Waals surface area contributed by atoms with Crippen molar-refractivity contribution >= 4 is 17.9 Å². The molecule has 12 nitrogen and oxygen atoms in total. The van der Waals surface area contributed by atoms with Crippen LogP contribution >= 0.6 is 0 Å². The number of halogens is 6. The predicted molar refractivity (Wildman–Crippen MR) is 170 cm³/mol. The number of amides is 2. The van der Waals surface area contributed by atoms with Crippen LogP contribution in [0.1, 0.15) is 84.7 Å². The van der Waals surface area contributed by atoms with E-state index in [1.165, 1.54) is 53.7 Å². The lowest BCUT2D eigenvalue weighted by atomic mass is 10.0. The van der Waals surface area contributed by atoms with Gasteiger partial charge in [0.1, 0.15) is 22.5 Å². The second-order valence-corrected chi connectivity index (χ2v) is 13.3. The van der Waals surface area contributed by atoms with Crippen molar-refractivity contribution in [2.75, 3.05) is 18.1 Å². The molecular formula is C33H40F6N4O8. The van der Waals surface area contributed by atoms with Crippen molar-refractivity contribution in [2.24, 2.45) is 0 Å². The molecule has 0 aliphatic carbocycles. The summed E-state index contributed by atoms with van der Waals surface area (Å²) in [6, 6.07) is 7.91. The molecule has 3 rings (SSSR count). The molecule has 1 N–H and O–H groups in total. The summed E-state index contributed by atoms with van der Waals surface area (Å²) in [5, 5.41) is 7.12. The van der Waals surface area contributed by atoms with Crippen LogP contribution in [0.3, 0.4) is 0 Å². The molecule has 0 spiro atoms. The van der Waals surface area contributed by atoms with Crippen LogP contribution in [-0.4, -0.2) is 58.0 Å². The monoisotopic (exact) mass is 734 g/mol. The third-order valence-electron chi connectivity index (χ3n) is 6.69. The number of unbranched alkanes of at least 4 members (excludes halogenated alkanes) is 2. The molecule has 0 bridgehead atoms. The quantitative estimate of drug-likeness (QED) is 0.142. The van der Waals surface area contributed by atoms with E-state index in [1.54, 1.807) is 18.2 Å². The highest BCUT2D eigenvalue weighted by molar-refractivity contribution is 6.11. The van der Waals surface area contributed by atoms with Gasteiger partial charge in [0.2, 0.25) is 0 Å². The maximum absolute atomic E-state index is 15.1. The Morgan fingerprint density at radius 1 is 0.882 bits per heavy atom. The predicted octanol–water partition coefficient (Wildman–Crippen LogP) is 8.30. The van der Waals surface area contributed by atoms with Gasteiger partial charge in [0, 0.05) is 6.61 Å². The highest BCUT2D eigenvalue weighted by atomic mass is 19.4. The van der Waals surface area contributed by atoms with Crippen LogP contribution in [0.5, 0.6) is 0 Å². The van der Waals surface area contributed by atoms with Gasteiger partial charge in [-0.05, 0) is 59.6 Å². The lowest BCUT2D eigenvalue weighted by Crippen LogP contribution is -2.49. The number of imide groups is 1. The average Bonchev–Trinajstić information content (AvgIpc) is 3.47. The lowest BCUT2D eigenvalue weighted by Gasteiger charge is -2.32. The van der Waals surface area contributed by atoms with Gasteiger partial charge in [-0.2, -0.15) is 31.2 Å². The molecule has 1 atom stereocenters. The van der Waals surface area contributed by atoms with Gasteiger partial charge in [-0.25, -0.2) is 9.59 Å². The smallest absolute Gasteiger partial charge is 0.428 e. The molecular weight excluding hydrogens is 694 g/mol. The minimum absolute atomic E-state index is 0.0284. The number of alkyl halides is 6. The Labute approximate surface area is 289 Å². The largest absolute Gasteiger partial charge is 0.443 e. The molecule has 0 saturated heterocycles. The normalized spacial score (nSPS) is 13.8. The summed E-state index contributed by atoms with van der Waals surface area (Å²) in [5.74, 6) is -2.27. The minimum Gasteiger partial charge on any atom is -0.443 e. The number of rotatable bonds is 12. The number of carbonyl (C=O) groups excluding carboxylic acids is 2. The SMILES string of the molecule is CCCCCOCC(OCc1ccccc1)(c1nnc(-c2[nH]c(=O)c(C(F)(F)F)cc2N(C(=O)OC(C)(C)C)C(=O)OC(C)(C)C)o1)C(F)(F)F. The van der Waals surface area contributed by atoms with Crippen molar-refractivity contribution in [3.63, 3.8) is 0 Å². The first-order valence-electron chi connectivity index (χ1n) is 15.8. The summed E-state index contributed by atoms with van der Waals surface area (Å²) in [4.78, 5) is 41.4. The van der Waals surface area contributed by atoms with Crippen molar-refractivity contribution in [1.29, 1.82) is 0 Å². The van der Waals surface area contributed by atoms with Gasteiger partial charge in [-0.1, -0.05) is 50.1 Å². The molecule has 1 unspecified atom stereocenters. The van der Waals surface area contributed by atoms with Gasteiger partial charge in [-0.15, -0.1) is 10.2 Å². The summed E-state index contributed by atoms with van der Waals surface area (Å²) in [5.41, 5.74) is -11.4. The number of pyridine rings is 1.